The Kier molecular flexibility index (Phi) is 3.92. The van der Waals surface area contributed by atoms with E-state index in [2.05, 4.69) is 32.0 Å². The molecule has 0 atom stereocenters. The lowest BCUT2D eigenvalue weighted by molar-refractivity contribution is 0.618. The summed E-state index contributed by atoms with van der Waals surface area (Å²) in [7, 11) is 0. The standard InChI is InChI=1S/C15H16FNS/c1-10-6-7-12(8-11(10)2)18-9-13-14(16)4-3-5-15(13)17/h3-8H,9,17H2,1-2H3. The van der Waals surface area contributed by atoms with E-state index in [1.807, 2.05) is 0 Å². The average molecular weight is 261 g/mol. The molecule has 0 unspecified atom stereocenters. The maximum absolute atomic E-state index is 13.6. The summed E-state index contributed by atoms with van der Waals surface area (Å²) < 4.78 is 13.6. The fraction of sp³-hybridized carbons (Fsp3) is 0.200. The predicted molar refractivity (Wildman–Crippen MR) is 76.3 cm³/mol. The number of thioether (sulfide) groups is 1. The molecule has 0 aliphatic heterocycles. The van der Waals surface area contributed by atoms with E-state index in [1.165, 1.54) is 17.2 Å². The van der Waals surface area contributed by atoms with Gasteiger partial charge in [-0.25, -0.2) is 4.39 Å². The Labute approximate surface area is 111 Å². The number of halogens is 1. The van der Waals surface area contributed by atoms with Crippen LogP contribution in [0.1, 0.15) is 16.7 Å². The zero-order valence-corrected chi connectivity index (χ0v) is 11.4. The van der Waals surface area contributed by atoms with Crippen LogP contribution in [-0.2, 0) is 5.75 Å². The molecule has 18 heavy (non-hydrogen) atoms. The molecule has 1 nitrogen and oxygen atoms in total. The quantitative estimate of drug-likeness (QED) is 0.658. The number of aryl methyl sites for hydroxylation is 2. The first-order valence-corrected chi connectivity index (χ1v) is 6.79. The molecule has 0 aromatic heterocycles. The third kappa shape index (κ3) is 2.85. The molecule has 0 saturated carbocycles. The molecule has 3 heteroatoms. The van der Waals surface area contributed by atoms with E-state index in [4.69, 9.17) is 5.73 Å². The van der Waals surface area contributed by atoms with Crippen molar-refractivity contribution in [2.45, 2.75) is 24.5 Å². The lowest BCUT2D eigenvalue weighted by atomic mass is 10.1. The van der Waals surface area contributed by atoms with Crippen molar-refractivity contribution in [3.63, 3.8) is 0 Å². The summed E-state index contributed by atoms with van der Waals surface area (Å²) in [6.45, 7) is 4.16. The molecule has 2 aromatic carbocycles. The van der Waals surface area contributed by atoms with Gasteiger partial charge >= 0.3 is 0 Å². The summed E-state index contributed by atoms with van der Waals surface area (Å²) in [5, 5.41) is 0. The first-order valence-electron chi connectivity index (χ1n) is 5.81. The van der Waals surface area contributed by atoms with E-state index in [1.54, 1.807) is 23.9 Å². The zero-order valence-electron chi connectivity index (χ0n) is 10.5. The SMILES string of the molecule is Cc1ccc(SCc2c(N)cccc2F)cc1C. The molecule has 0 bridgehead atoms. The minimum atomic E-state index is -0.230. The molecule has 0 radical (unpaired) electrons. The Hall–Kier alpha value is -1.48. The second-order valence-electron chi connectivity index (χ2n) is 4.34. The Bertz CT molecular complexity index is 546. The second kappa shape index (κ2) is 5.44. The van der Waals surface area contributed by atoms with E-state index < -0.39 is 0 Å². The van der Waals surface area contributed by atoms with Gasteiger partial charge in [0, 0.05) is 21.9 Å². The van der Waals surface area contributed by atoms with Crippen molar-refractivity contribution >= 4 is 17.4 Å². The fourth-order valence-electron chi connectivity index (χ4n) is 1.69. The first kappa shape index (κ1) is 13.0. The predicted octanol–water partition coefficient (Wildman–Crippen LogP) is 4.32. The maximum atomic E-state index is 13.6. The maximum Gasteiger partial charge on any atom is 0.129 e. The summed E-state index contributed by atoms with van der Waals surface area (Å²) in [6.07, 6.45) is 0. The summed E-state index contributed by atoms with van der Waals surface area (Å²) >= 11 is 1.60. The molecule has 0 aliphatic rings. The highest BCUT2D eigenvalue weighted by Gasteiger charge is 2.06. The van der Waals surface area contributed by atoms with Crippen molar-refractivity contribution < 1.29 is 4.39 Å². The van der Waals surface area contributed by atoms with Gasteiger partial charge in [-0.05, 0) is 49.2 Å². The molecular weight excluding hydrogens is 245 g/mol. The van der Waals surface area contributed by atoms with E-state index in [0.29, 0.717) is 17.0 Å². The van der Waals surface area contributed by atoms with Crippen molar-refractivity contribution in [2.24, 2.45) is 0 Å². The van der Waals surface area contributed by atoms with Crippen molar-refractivity contribution in [1.29, 1.82) is 0 Å². The summed E-state index contributed by atoms with van der Waals surface area (Å²) in [5.41, 5.74) is 9.41. The van der Waals surface area contributed by atoms with Gasteiger partial charge in [-0.15, -0.1) is 11.8 Å². The van der Waals surface area contributed by atoms with Gasteiger partial charge in [0.1, 0.15) is 5.82 Å². The van der Waals surface area contributed by atoms with Gasteiger partial charge < -0.3 is 5.73 Å². The lowest BCUT2D eigenvalue weighted by Gasteiger charge is -2.08. The number of benzene rings is 2. The van der Waals surface area contributed by atoms with Gasteiger partial charge in [-0.2, -0.15) is 0 Å². The smallest absolute Gasteiger partial charge is 0.129 e. The van der Waals surface area contributed by atoms with E-state index in [9.17, 15) is 4.39 Å². The van der Waals surface area contributed by atoms with Crippen molar-refractivity contribution in [3.8, 4) is 0 Å². The van der Waals surface area contributed by atoms with Crippen LogP contribution in [-0.4, -0.2) is 0 Å². The first-order chi connectivity index (χ1) is 8.58. The van der Waals surface area contributed by atoms with Crippen LogP contribution in [0.4, 0.5) is 10.1 Å². The molecule has 2 N–H and O–H groups in total. The van der Waals surface area contributed by atoms with Crippen LogP contribution in [0.2, 0.25) is 0 Å². The molecule has 94 valence electrons. The highest BCUT2D eigenvalue weighted by atomic mass is 32.2. The van der Waals surface area contributed by atoms with E-state index >= 15 is 0 Å². The van der Waals surface area contributed by atoms with Gasteiger partial charge in [-0.3, -0.25) is 0 Å². The topological polar surface area (TPSA) is 26.0 Å². The summed E-state index contributed by atoms with van der Waals surface area (Å²) in [6, 6.07) is 11.1. The third-order valence-corrected chi connectivity index (χ3v) is 4.04. The van der Waals surface area contributed by atoms with Gasteiger partial charge in [0.05, 0.1) is 0 Å². The van der Waals surface area contributed by atoms with Crippen molar-refractivity contribution in [1.82, 2.24) is 0 Å². The van der Waals surface area contributed by atoms with Gasteiger partial charge in [0.15, 0.2) is 0 Å². The zero-order chi connectivity index (χ0) is 13.1. The van der Waals surface area contributed by atoms with Crippen LogP contribution in [0, 0.1) is 19.7 Å². The Balaban J connectivity index is 2.14. The molecule has 0 saturated heterocycles. The number of anilines is 1. The van der Waals surface area contributed by atoms with Crippen molar-refractivity contribution in [3.05, 3.63) is 58.9 Å². The number of nitrogens with two attached hydrogens (primary N) is 1. The highest BCUT2D eigenvalue weighted by molar-refractivity contribution is 7.98. The average Bonchev–Trinajstić information content (AvgIpc) is 2.33. The highest BCUT2D eigenvalue weighted by Crippen LogP contribution is 2.28. The number of hydrogen-bond acceptors (Lipinski definition) is 2. The van der Waals surface area contributed by atoms with Crippen LogP contribution in [0.15, 0.2) is 41.3 Å². The molecule has 0 heterocycles. The van der Waals surface area contributed by atoms with Gasteiger partial charge in [-0.1, -0.05) is 12.1 Å². The lowest BCUT2D eigenvalue weighted by Crippen LogP contribution is -1.96. The monoisotopic (exact) mass is 261 g/mol. The largest absolute Gasteiger partial charge is 0.398 e. The number of nitrogen functional groups attached to an aromatic ring is 1. The summed E-state index contributed by atoms with van der Waals surface area (Å²) in [5.74, 6) is 0.326. The van der Waals surface area contributed by atoms with Crippen LogP contribution >= 0.6 is 11.8 Å². The minimum absolute atomic E-state index is 0.230. The Morgan fingerprint density at radius 1 is 1.11 bits per heavy atom. The van der Waals surface area contributed by atoms with E-state index in [0.717, 1.165) is 4.90 Å². The Morgan fingerprint density at radius 2 is 1.89 bits per heavy atom. The van der Waals surface area contributed by atoms with Crippen molar-refractivity contribution in [2.75, 3.05) is 5.73 Å². The van der Waals surface area contributed by atoms with Crippen LogP contribution < -0.4 is 5.73 Å². The summed E-state index contributed by atoms with van der Waals surface area (Å²) in [4.78, 5) is 1.14. The minimum Gasteiger partial charge on any atom is -0.398 e. The number of hydrogen-bond donors (Lipinski definition) is 1. The third-order valence-electron chi connectivity index (χ3n) is 3.02. The van der Waals surface area contributed by atoms with Gasteiger partial charge in [0.25, 0.3) is 0 Å². The van der Waals surface area contributed by atoms with Crippen LogP contribution in [0.3, 0.4) is 0 Å². The molecule has 2 aromatic rings. The second-order valence-corrected chi connectivity index (χ2v) is 5.39. The number of rotatable bonds is 3. The molecule has 0 amide bonds. The Morgan fingerprint density at radius 3 is 2.56 bits per heavy atom. The van der Waals surface area contributed by atoms with Crippen LogP contribution in [0.25, 0.3) is 0 Å². The normalized spacial score (nSPS) is 10.6. The molecule has 0 spiro atoms. The fourth-order valence-corrected chi connectivity index (χ4v) is 2.73. The van der Waals surface area contributed by atoms with Gasteiger partial charge in [0.2, 0.25) is 0 Å². The molecular formula is C15H16FNS. The molecule has 0 fully saturated rings. The molecule has 0 aliphatic carbocycles. The molecule has 2 rings (SSSR count). The van der Waals surface area contributed by atoms with Crippen LogP contribution in [0.5, 0.6) is 0 Å². The van der Waals surface area contributed by atoms with E-state index in [-0.39, 0.29) is 5.82 Å².